The molecule has 0 unspecified atom stereocenters. The number of phenols is 1. The van der Waals surface area contributed by atoms with Gasteiger partial charge >= 0.3 is 0 Å². The summed E-state index contributed by atoms with van der Waals surface area (Å²) >= 11 is 6.58. The molecule has 1 aliphatic rings. The van der Waals surface area contributed by atoms with Crippen molar-refractivity contribution in [1.82, 2.24) is 0 Å². The van der Waals surface area contributed by atoms with Crippen molar-refractivity contribution in [3.8, 4) is 5.75 Å². The van der Waals surface area contributed by atoms with Gasteiger partial charge in [-0.15, -0.1) is 0 Å². The largest absolute Gasteiger partial charge is 0.507 e. The topological polar surface area (TPSA) is 54.4 Å². The smallest absolute Gasteiger partial charge is 0.198 e. The number of hydrogen-bond acceptors (Lipinski definition) is 3. The number of carbonyl (C=O) groups is 2. The predicted octanol–water partition coefficient (Wildman–Crippen LogP) is 3.96. The molecule has 100 valence electrons. The molecular formula is C15H8Br2O3. The first-order valence-electron chi connectivity index (χ1n) is 5.84. The van der Waals surface area contributed by atoms with Gasteiger partial charge in [0, 0.05) is 22.3 Å². The molecule has 1 N–H and O–H groups in total. The molecule has 0 fully saturated rings. The van der Waals surface area contributed by atoms with E-state index in [0.29, 0.717) is 16.7 Å². The number of fused-ring (bicyclic) bond motifs is 2. The fraction of sp³-hybridized carbons (Fsp3) is 0.0667. The second-order valence-corrected chi connectivity index (χ2v) is 7.49. The van der Waals surface area contributed by atoms with Crippen LogP contribution < -0.4 is 0 Å². The van der Waals surface area contributed by atoms with Crippen LogP contribution in [0, 0.1) is 0 Å². The van der Waals surface area contributed by atoms with E-state index in [2.05, 4.69) is 31.9 Å². The van der Waals surface area contributed by atoms with E-state index < -0.39 is 0 Å². The summed E-state index contributed by atoms with van der Waals surface area (Å²) in [5.41, 5.74) is 1.56. The van der Waals surface area contributed by atoms with E-state index in [4.69, 9.17) is 0 Å². The average molecular weight is 396 g/mol. The van der Waals surface area contributed by atoms with E-state index in [1.165, 1.54) is 0 Å². The molecule has 0 aromatic heterocycles. The van der Waals surface area contributed by atoms with Crippen LogP contribution in [0.2, 0.25) is 0 Å². The molecule has 3 nitrogen and oxygen atoms in total. The molecule has 0 spiro atoms. The summed E-state index contributed by atoms with van der Waals surface area (Å²) in [6.45, 7) is 0. The van der Waals surface area contributed by atoms with Crippen LogP contribution in [0.4, 0.5) is 0 Å². The number of rotatable bonds is 1. The Kier molecular flexibility index (Phi) is 3.26. The van der Waals surface area contributed by atoms with Crippen molar-refractivity contribution in [2.45, 2.75) is 3.74 Å². The molecule has 0 amide bonds. The van der Waals surface area contributed by atoms with E-state index >= 15 is 0 Å². The van der Waals surface area contributed by atoms with Crippen molar-refractivity contribution >= 4 is 43.4 Å². The van der Waals surface area contributed by atoms with Crippen LogP contribution in [-0.4, -0.2) is 16.7 Å². The third kappa shape index (κ3) is 1.84. The summed E-state index contributed by atoms with van der Waals surface area (Å²) < 4.78 is -0.291. The second kappa shape index (κ2) is 4.82. The summed E-state index contributed by atoms with van der Waals surface area (Å²) in [6, 6.07) is 9.85. The van der Waals surface area contributed by atoms with Crippen LogP contribution >= 0.6 is 31.9 Å². The zero-order valence-corrected chi connectivity index (χ0v) is 13.2. The highest BCUT2D eigenvalue weighted by Crippen LogP contribution is 2.41. The quantitative estimate of drug-likeness (QED) is 0.634. The van der Waals surface area contributed by atoms with Crippen molar-refractivity contribution in [3.05, 3.63) is 64.2 Å². The highest BCUT2D eigenvalue weighted by atomic mass is 79.9. The van der Waals surface area contributed by atoms with Gasteiger partial charge in [-0.3, -0.25) is 9.59 Å². The third-order valence-corrected chi connectivity index (χ3v) is 4.32. The van der Waals surface area contributed by atoms with E-state index in [9.17, 15) is 14.7 Å². The molecule has 0 saturated carbocycles. The maximum atomic E-state index is 12.5. The Morgan fingerprint density at radius 1 is 0.850 bits per heavy atom. The SMILES string of the molecule is O=C1c2ccccc2C(=O)c2c1ccc(C(Br)Br)c2O. The molecule has 20 heavy (non-hydrogen) atoms. The minimum absolute atomic E-state index is 0.0788. The molecular weight excluding hydrogens is 388 g/mol. The number of alkyl halides is 2. The van der Waals surface area contributed by atoms with E-state index in [1.54, 1.807) is 36.4 Å². The molecule has 2 aromatic carbocycles. The van der Waals surface area contributed by atoms with Gasteiger partial charge < -0.3 is 5.11 Å². The molecule has 1 aliphatic carbocycles. The minimum Gasteiger partial charge on any atom is -0.507 e. The Morgan fingerprint density at radius 2 is 1.45 bits per heavy atom. The summed E-state index contributed by atoms with van der Waals surface area (Å²) in [4.78, 5) is 24.9. The van der Waals surface area contributed by atoms with Crippen LogP contribution in [-0.2, 0) is 0 Å². The lowest BCUT2D eigenvalue weighted by Gasteiger charge is -2.20. The number of carbonyl (C=O) groups excluding carboxylic acids is 2. The van der Waals surface area contributed by atoms with Gasteiger partial charge in [0.2, 0.25) is 0 Å². The van der Waals surface area contributed by atoms with Gasteiger partial charge in [-0.05, 0) is 6.07 Å². The number of ketones is 2. The van der Waals surface area contributed by atoms with Gasteiger partial charge in [0.15, 0.2) is 11.6 Å². The van der Waals surface area contributed by atoms with Crippen LogP contribution in [0.5, 0.6) is 5.75 Å². The molecule has 0 saturated heterocycles. The fourth-order valence-electron chi connectivity index (χ4n) is 2.36. The van der Waals surface area contributed by atoms with Crippen molar-refractivity contribution in [2.24, 2.45) is 0 Å². The number of halogens is 2. The highest BCUT2D eigenvalue weighted by molar-refractivity contribution is 9.24. The normalized spacial score (nSPS) is 13.3. The second-order valence-electron chi connectivity index (χ2n) is 4.43. The van der Waals surface area contributed by atoms with E-state index in [0.717, 1.165) is 0 Å². The van der Waals surface area contributed by atoms with Gasteiger partial charge in [-0.1, -0.05) is 62.2 Å². The van der Waals surface area contributed by atoms with Crippen molar-refractivity contribution in [2.75, 3.05) is 0 Å². The zero-order chi connectivity index (χ0) is 14.4. The molecule has 0 atom stereocenters. The zero-order valence-electron chi connectivity index (χ0n) is 10.1. The molecule has 0 aliphatic heterocycles. The van der Waals surface area contributed by atoms with E-state index in [-0.39, 0.29) is 32.2 Å². The average Bonchev–Trinajstić information content (AvgIpc) is 2.44. The first kappa shape index (κ1) is 13.5. The maximum Gasteiger partial charge on any atom is 0.198 e. The molecule has 0 radical (unpaired) electrons. The van der Waals surface area contributed by atoms with Crippen molar-refractivity contribution < 1.29 is 14.7 Å². The monoisotopic (exact) mass is 394 g/mol. The summed E-state index contributed by atoms with van der Waals surface area (Å²) in [7, 11) is 0. The maximum absolute atomic E-state index is 12.5. The van der Waals surface area contributed by atoms with Crippen LogP contribution in [0.25, 0.3) is 0 Å². The van der Waals surface area contributed by atoms with Crippen LogP contribution in [0.3, 0.4) is 0 Å². The van der Waals surface area contributed by atoms with Crippen LogP contribution in [0.15, 0.2) is 36.4 Å². The lowest BCUT2D eigenvalue weighted by molar-refractivity contribution is 0.0976. The van der Waals surface area contributed by atoms with Crippen LogP contribution in [0.1, 0.15) is 41.1 Å². The van der Waals surface area contributed by atoms with Gasteiger partial charge in [0.1, 0.15) is 5.75 Å². The molecule has 3 rings (SSSR count). The Morgan fingerprint density at radius 3 is 2.05 bits per heavy atom. The van der Waals surface area contributed by atoms with Gasteiger partial charge in [0.25, 0.3) is 0 Å². The fourth-order valence-corrected chi connectivity index (χ4v) is 3.10. The van der Waals surface area contributed by atoms with Gasteiger partial charge in [-0.25, -0.2) is 0 Å². The lowest BCUT2D eigenvalue weighted by atomic mass is 9.83. The van der Waals surface area contributed by atoms with E-state index in [1.807, 2.05) is 0 Å². The van der Waals surface area contributed by atoms with Gasteiger partial charge in [0.05, 0.1) is 9.30 Å². The Bertz CT molecular complexity index is 751. The summed E-state index contributed by atoms with van der Waals surface area (Å²) in [5, 5.41) is 10.3. The Labute approximate surface area is 131 Å². The predicted molar refractivity (Wildman–Crippen MR) is 82.0 cm³/mol. The Hall–Kier alpha value is -1.46. The third-order valence-electron chi connectivity index (χ3n) is 3.33. The van der Waals surface area contributed by atoms with Gasteiger partial charge in [-0.2, -0.15) is 0 Å². The number of hydrogen-bond donors (Lipinski definition) is 1. The number of aromatic hydroxyl groups is 1. The summed E-state index contributed by atoms with van der Waals surface area (Å²) in [5.74, 6) is -0.720. The van der Waals surface area contributed by atoms with Crippen molar-refractivity contribution in [3.63, 3.8) is 0 Å². The molecule has 0 heterocycles. The molecule has 0 bridgehead atoms. The Balaban J connectivity index is 2.31. The van der Waals surface area contributed by atoms with Crippen molar-refractivity contribution in [1.29, 1.82) is 0 Å². The highest BCUT2D eigenvalue weighted by Gasteiger charge is 2.33. The first-order valence-corrected chi connectivity index (χ1v) is 7.68. The molecule has 5 heteroatoms. The minimum atomic E-state index is -0.324. The first-order chi connectivity index (χ1) is 9.52. The summed E-state index contributed by atoms with van der Waals surface area (Å²) in [6.07, 6.45) is 0. The number of benzene rings is 2. The lowest BCUT2D eigenvalue weighted by Crippen LogP contribution is -2.21. The molecule has 2 aromatic rings. The number of phenolic OH excluding ortho intramolecular Hbond substituents is 1. The standard InChI is InChI=1S/C15H8Br2O3/c16-15(17)10-6-5-9-11(14(10)20)13(19)8-4-2-1-3-7(8)12(9)18/h1-6,15,20H.